The fraction of sp³-hybridized carbons (Fsp3) is 0.353. The SMILES string of the molecule is C/C(=C\C=C\C(=O)NO)[C@H](C)[C@H](O)c1ccc(OCCO)cc1. The van der Waals surface area contributed by atoms with Crippen molar-refractivity contribution in [2.45, 2.75) is 20.0 Å². The number of ether oxygens (including phenoxy) is 1. The van der Waals surface area contributed by atoms with E-state index in [-0.39, 0.29) is 19.1 Å². The molecule has 0 aromatic heterocycles. The van der Waals surface area contributed by atoms with Crippen molar-refractivity contribution in [3.63, 3.8) is 0 Å². The number of carbonyl (C=O) groups is 1. The number of aliphatic hydroxyl groups is 2. The molecule has 0 radical (unpaired) electrons. The summed E-state index contributed by atoms with van der Waals surface area (Å²) < 4.78 is 5.27. The first-order valence-electron chi connectivity index (χ1n) is 7.30. The summed E-state index contributed by atoms with van der Waals surface area (Å²) in [7, 11) is 0. The van der Waals surface area contributed by atoms with E-state index >= 15 is 0 Å². The molecule has 0 saturated carbocycles. The molecule has 6 heteroatoms. The van der Waals surface area contributed by atoms with Crippen molar-refractivity contribution in [3.8, 4) is 5.75 Å². The standard InChI is InChI=1S/C17H23NO5/c1-12(4-3-5-16(20)18-22)13(2)17(21)14-6-8-15(9-7-14)23-11-10-19/h3-9,13,17,19,21-22H,10-11H2,1-2H3,(H,18,20)/b5-3+,12-4+/t13-,17-/m0/s1. The van der Waals surface area contributed by atoms with Gasteiger partial charge in [0, 0.05) is 12.0 Å². The van der Waals surface area contributed by atoms with Crippen LogP contribution in [0.15, 0.2) is 48.1 Å². The van der Waals surface area contributed by atoms with E-state index in [9.17, 15) is 9.90 Å². The Labute approximate surface area is 135 Å². The van der Waals surface area contributed by atoms with Gasteiger partial charge in [-0.25, -0.2) is 5.48 Å². The van der Waals surface area contributed by atoms with E-state index < -0.39 is 12.0 Å². The van der Waals surface area contributed by atoms with Crippen molar-refractivity contribution < 1.29 is 25.0 Å². The predicted octanol–water partition coefficient (Wildman–Crippen LogP) is 1.74. The van der Waals surface area contributed by atoms with Gasteiger partial charge in [0.1, 0.15) is 12.4 Å². The number of carbonyl (C=O) groups excluding carboxylic acids is 1. The molecule has 1 aromatic carbocycles. The smallest absolute Gasteiger partial charge is 0.267 e. The number of amides is 1. The number of hydroxylamine groups is 1. The van der Waals surface area contributed by atoms with Crippen LogP contribution in [0.25, 0.3) is 0 Å². The third kappa shape index (κ3) is 6.23. The van der Waals surface area contributed by atoms with Crippen molar-refractivity contribution >= 4 is 5.91 Å². The van der Waals surface area contributed by atoms with Crippen LogP contribution in [-0.2, 0) is 4.79 Å². The van der Waals surface area contributed by atoms with Gasteiger partial charge in [-0.15, -0.1) is 0 Å². The predicted molar refractivity (Wildman–Crippen MR) is 86.0 cm³/mol. The second-order valence-electron chi connectivity index (χ2n) is 5.12. The second-order valence-corrected chi connectivity index (χ2v) is 5.12. The first-order valence-corrected chi connectivity index (χ1v) is 7.30. The minimum atomic E-state index is -0.696. The van der Waals surface area contributed by atoms with Gasteiger partial charge in [0.15, 0.2) is 0 Å². The van der Waals surface area contributed by atoms with Crippen molar-refractivity contribution in [3.05, 3.63) is 53.6 Å². The highest BCUT2D eigenvalue weighted by Gasteiger charge is 2.17. The Morgan fingerprint density at radius 2 is 2.00 bits per heavy atom. The maximum absolute atomic E-state index is 10.9. The summed E-state index contributed by atoms with van der Waals surface area (Å²) in [4.78, 5) is 10.9. The Hall–Kier alpha value is -2.15. The Morgan fingerprint density at radius 1 is 1.35 bits per heavy atom. The highest BCUT2D eigenvalue weighted by atomic mass is 16.5. The molecule has 0 heterocycles. The van der Waals surface area contributed by atoms with Crippen LogP contribution < -0.4 is 10.2 Å². The topological polar surface area (TPSA) is 99.0 Å². The minimum Gasteiger partial charge on any atom is -0.491 e. The fourth-order valence-electron chi connectivity index (χ4n) is 1.94. The molecule has 0 aliphatic carbocycles. The number of hydrogen-bond donors (Lipinski definition) is 4. The maximum Gasteiger partial charge on any atom is 0.267 e. The summed E-state index contributed by atoms with van der Waals surface area (Å²) in [5.41, 5.74) is 3.14. The first kappa shape index (κ1) is 18.9. The average molecular weight is 321 g/mol. The molecule has 0 aliphatic rings. The molecule has 2 atom stereocenters. The summed E-state index contributed by atoms with van der Waals surface area (Å²) in [6.45, 7) is 3.92. The number of rotatable bonds is 8. The minimum absolute atomic E-state index is 0.0484. The van der Waals surface area contributed by atoms with Gasteiger partial charge in [0.25, 0.3) is 5.91 Å². The first-order chi connectivity index (χ1) is 11.0. The Kier molecular flexibility index (Phi) is 8.04. The molecule has 0 unspecified atom stereocenters. The van der Waals surface area contributed by atoms with E-state index in [1.54, 1.807) is 30.3 Å². The fourth-order valence-corrected chi connectivity index (χ4v) is 1.94. The third-order valence-corrected chi connectivity index (χ3v) is 3.49. The van der Waals surface area contributed by atoms with Gasteiger partial charge in [-0.2, -0.15) is 0 Å². The van der Waals surface area contributed by atoms with Gasteiger partial charge in [-0.1, -0.05) is 36.8 Å². The van der Waals surface area contributed by atoms with Crippen LogP contribution in [0.4, 0.5) is 0 Å². The molecular formula is C17H23NO5. The number of allylic oxidation sites excluding steroid dienone is 2. The van der Waals surface area contributed by atoms with Crippen LogP contribution in [0.1, 0.15) is 25.5 Å². The quantitative estimate of drug-likeness (QED) is 0.253. The van der Waals surface area contributed by atoms with Gasteiger partial charge in [-0.3, -0.25) is 10.0 Å². The molecule has 4 N–H and O–H groups in total. The Morgan fingerprint density at radius 3 is 2.57 bits per heavy atom. The van der Waals surface area contributed by atoms with Crippen LogP contribution in [0.5, 0.6) is 5.75 Å². The Bertz CT molecular complexity index is 551. The lowest BCUT2D eigenvalue weighted by molar-refractivity contribution is -0.124. The summed E-state index contributed by atoms with van der Waals surface area (Å²) in [6.07, 6.45) is 3.71. The maximum atomic E-state index is 10.9. The van der Waals surface area contributed by atoms with Gasteiger partial charge in [-0.05, 0) is 24.6 Å². The van der Waals surface area contributed by atoms with Gasteiger partial charge >= 0.3 is 0 Å². The lowest BCUT2D eigenvalue weighted by Crippen LogP contribution is -2.14. The molecule has 23 heavy (non-hydrogen) atoms. The van der Waals surface area contributed by atoms with Crippen LogP contribution in [0.2, 0.25) is 0 Å². The monoisotopic (exact) mass is 321 g/mol. The zero-order valence-corrected chi connectivity index (χ0v) is 13.3. The molecule has 126 valence electrons. The largest absolute Gasteiger partial charge is 0.491 e. The zero-order chi connectivity index (χ0) is 17.2. The van der Waals surface area contributed by atoms with E-state index in [0.717, 1.165) is 11.1 Å². The van der Waals surface area contributed by atoms with Crippen molar-refractivity contribution in [2.75, 3.05) is 13.2 Å². The lowest BCUT2D eigenvalue weighted by Gasteiger charge is -2.20. The van der Waals surface area contributed by atoms with Gasteiger partial charge < -0.3 is 14.9 Å². The summed E-state index contributed by atoms with van der Waals surface area (Å²) in [6, 6.07) is 7.03. The molecule has 1 rings (SSSR count). The van der Waals surface area contributed by atoms with Crippen molar-refractivity contribution in [2.24, 2.45) is 5.92 Å². The molecule has 0 fully saturated rings. The molecule has 6 nitrogen and oxygen atoms in total. The molecule has 0 saturated heterocycles. The van der Waals surface area contributed by atoms with E-state index in [2.05, 4.69) is 0 Å². The lowest BCUT2D eigenvalue weighted by atomic mass is 9.91. The van der Waals surface area contributed by atoms with E-state index in [0.29, 0.717) is 5.75 Å². The number of nitrogens with one attached hydrogen (secondary N) is 1. The normalized spacial score (nSPS) is 14.6. The van der Waals surface area contributed by atoms with Crippen LogP contribution in [0, 0.1) is 5.92 Å². The van der Waals surface area contributed by atoms with Crippen LogP contribution in [-0.4, -0.2) is 34.5 Å². The highest BCUT2D eigenvalue weighted by Crippen LogP contribution is 2.28. The van der Waals surface area contributed by atoms with Crippen LogP contribution >= 0.6 is 0 Å². The summed E-state index contributed by atoms with van der Waals surface area (Å²) in [5, 5.41) is 27.5. The van der Waals surface area contributed by atoms with E-state index in [1.165, 1.54) is 17.6 Å². The van der Waals surface area contributed by atoms with E-state index in [1.807, 2.05) is 13.8 Å². The molecular weight excluding hydrogens is 298 g/mol. The molecule has 1 aromatic rings. The third-order valence-electron chi connectivity index (χ3n) is 3.49. The zero-order valence-electron chi connectivity index (χ0n) is 13.3. The highest BCUT2D eigenvalue weighted by molar-refractivity contribution is 5.86. The Balaban J connectivity index is 2.71. The molecule has 0 spiro atoms. The summed E-state index contributed by atoms with van der Waals surface area (Å²) >= 11 is 0. The molecule has 0 bridgehead atoms. The second kappa shape index (κ2) is 9.78. The van der Waals surface area contributed by atoms with Gasteiger partial charge in [0.2, 0.25) is 0 Å². The van der Waals surface area contributed by atoms with E-state index in [4.69, 9.17) is 15.1 Å². The van der Waals surface area contributed by atoms with Crippen molar-refractivity contribution in [1.82, 2.24) is 5.48 Å². The van der Waals surface area contributed by atoms with Crippen molar-refractivity contribution in [1.29, 1.82) is 0 Å². The molecule has 1 amide bonds. The number of aliphatic hydroxyl groups excluding tert-OH is 2. The average Bonchev–Trinajstić information content (AvgIpc) is 2.58. The number of benzene rings is 1. The van der Waals surface area contributed by atoms with Crippen LogP contribution in [0.3, 0.4) is 0 Å². The summed E-state index contributed by atoms with van der Waals surface area (Å²) in [5.74, 6) is -0.130. The number of hydrogen-bond acceptors (Lipinski definition) is 5. The molecule has 0 aliphatic heterocycles. The van der Waals surface area contributed by atoms with Gasteiger partial charge in [0.05, 0.1) is 12.7 Å².